The van der Waals surface area contributed by atoms with Crippen molar-refractivity contribution in [3.63, 3.8) is 0 Å². The molecule has 8 nitrogen and oxygen atoms in total. The first-order chi connectivity index (χ1) is 15.3. The summed E-state index contributed by atoms with van der Waals surface area (Å²) < 4.78 is 40.1. The summed E-state index contributed by atoms with van der Waals surface area (Å²) in [5, 5.41) is 0.638. The Morgan fingerprint density at radius 3 is 2.44 bits per heavy atom. The van der Waals surface area contributed by atoms with E-state index in [1.165, 1.54) is 30.7 Å². The van der Waals surface area contributed by atoms with E-state index in [0.29, 0.717) is 23.0 Å². The summed E-state index contributed by atoms with van der Waals surface area (Å²) in [6.45, 7) is 0.496. The second kappa shape index (κ2) is 8.93. The van der Waals surface area contributed by atoms with Gasteiger partial charge in [0.15, 0.2) is 0 Å². The highest BCUT2D eigenvalue weighted by atomic mass is 35.5. The van der Waals surface area contributed by atoms with Crippen molar-refractivity contribution in [2.45, 2.75) is 30.4 Å². The number of imidazole rings is 1. The van der Waals surface area contributed by atoms with Gasteiger partial charge < -0.3 is 14.0 Å². The van der Waals surface area contributed by atoms with E-state index in [2.05, 4.69) is 4.98 Å². The standard InChI is InChI=1S/C22H22ClN3O5S/c1-30-17-7-9-18(10-8-17)32(28,29)26-13-21-19(11-20(26)22(27)31-2)24-14-25(21)12-15-3-5-16(23)6-4-15/h3-10,14,20H,11-13H2,1-2H3/t20-/m0/s1. The van der Waals surface area contributed by atoms with Gasteiger partial charge >= 0.3 is 5.97 Å². The molecule has 0 spiro atoms. The molecule has 1 aromatic heterocycles. The van der Waals surface area contributed by atoms with Gasteiger partial charge in [-0.15, -0.1) is 0 Å². The second-order valence-corrected chi connectivity index (χ2v) is 9.69. The minimum atomic E-state index is -3.99. The van der Waals surface area contributed by atoms with E-state index in [1.807, 2.05) is 16.7 Å². The van der Waals surface area contributed by atoms with E-state index < -0.39 is 22.0 Å². The maximum absolute atomic E-state index is 13.5. The van der Waals surface area contributed by atoms with E-state index in [-0.39, 0.29) is 17.9 Å². The molecular formula is C22H22ClN3O5S. The first kappa shape index (κ1) is 22.3. The molecule has 0 radical (unpaired) electrons. The third-order valence-corrected chi connectivity index (χ3v) is 7.60. The van der Waals surface area contributed by atoms with Crippen molar-refractivity contribution < 1.29 is 22.7 Å². The Hall–Kier alpha value is -2.88. The van der Waals surface area contributed by atoms with Crippen molar-refractivity contribution >= 4 is 27.6 Å². The molecule has 3 aromatic rings. The van der Waals surface area contributed by atoms with Crippen molar-refractivity contribution in [2.24, 2.45) is 0 Å². The van der Waals surface area contributed by atoms with Gasteiger partial charge in [-0.1, -0.05) is 23.7 Å². The summed E-state index contributed by atoms with van der Waals surface area (Å²) in [6, 6.07) is 12.5. The third-order valence-electron chi connectivity index (χ3n) is 5.48. The Balaban J connectivity index is 1.70. The van der Waals surface area contributed by atoms with E-state index in [1.54, 1.807) is 30.6 Å². The van der Waals surface area contributed by atoms with Gasteiger partial charge in [0.25, 0.3) is 0 Å². The van der Waals surface area contributed by atoms with Crippen LogP contribution < -0.4 is 4.74 Å². The first-order valence-corrected chi connectivity index (χ1v) is 11.7. The van der Waals surface area contributed by atoms with Crippen molar-refractivity contribution in [1.82, 2.24) is 13.9 Å². The fraction of sp³-hybridized carbons (Fsp3) is 0.273. The third kappa shape index (κ3) is 4.23. The number of rotatable bonds is 6. The van der Waals surface area contributed by atoms with Crippen LogP contribution in [0.1, 0.15) is 17.0 Å². The molecule has 10 heteroatoms. The molecule has 168 valence electrons. The molecular weight excluding hydrogens is 454 g/mol. The number of nitrogens with zero attached hydrogens (tertiary/aromatic N) is 3. The van der Waals surface area contributed by atoms with E-state index >= 15 is 0 Å². The topological polar surface area (TPSA) is 90.7 Å². The molecule has 1 atom stereocenters. The number of halogens is 1. The lowest BCUT2D eigenvalue weighted by molar-refractivity contribution is -0.145. The maximum atomic E-state index is 13.5. The Bertz CT molecular complexity index is 1220. The zero-order valence-electron chi connectivity index (χ0n) is 17.6. The number of carbonyl (C=O) groups is 1. The number of fused-ring (bicyclic) bond motifs is 1. The average Bonchev–Trinajstić information content (AvgIpc) is 3.21. The van der Waals surface area contributed by atoms with Gasteiger partial charge in [-0.05, 0) is 42.0 Å². The summed E-state index contributed by atoms with van der Waals surface area (Å²) in [7, 11) is -1.24. The molecule has 1 aliphatic rings. The van der Waals surface area contributed by atoms with Crippen LogP contribution in [0.25, 0.3) is 0 Å². The van der Waals surface area contributed by atoms with Crippen LogP contribution in [0.2, 0.25) is 5.02 Å². The van der Waals surface area contributed by atoms with Crippen molar-refractivity contribution in [3.05, 3.63) is 76.8 Å². The Morgan fingerprint density at radius 2 is 1.81 bits per heavy atom. The number of ether oxygens (including phenoxy) is 2. The van der Waals surface area contributed by atoms with Crippen LogP contribution in [-0.2, 0) is 39.1 Å². The predicted molar refractivity (Wildman–Crippen MR) is 118 cm³/mol. The van der Waals surface area contributed by atoms with Gasteiger partial charge in [0, 0.05) is 18.0 Å². The van der Waals surface area contributed by atoms with Crippen LogP contribution >= 0.6 is 11.6 Å². The summed E-state index contributed by atoms with van der Waals surface area (Å²) in [5.41, 5.74) is 2.40. The van der Waals surface area contributed by atoms with Crippen molar-refractivity contribution in [2.75, 3.05) is 14.2 Å². The van der Waals surface area contributed by atoms with Gasteiger partial charge in [0.1, 0.15) is 11.8 Å². The lowest BCUT2D eigenvalue weighted by Gasteiger charge is -2.33. The van der Waals surface area contributed by atoms with Crippen LogP contribution in [0.5, 0.6) is 5.75 Å². The lowest BCUT2D eigenvalue weighted by atomic mass is 10.1. The molecule has 0 aliphatic carbocycles. The fourth-order valence-corrected chi connectivity index (χ4v) is 5.40. The van der Waals surface area contributed by atoms with Crippen LogP contribution in [0, 0.1) is 0 Å². The van der Waals surface area contributed by atoms with E-state index in [9.17, 15) is 13.2 Å². The van der Waals surface area contributed by atoms with E-state index in [0.717, 1.165) is 11.3 Å². The zero-order valence-corrected chi connectivity index (χ0v) is 19.1. The Kier molecular flexibility index (Phi) is 6.23. The molecule has 2 aromatic carbocycles. The molecule has 1 aliphatic heterocycles. The van der Waals surface area contributed by atoms with Crippen LogP contribution in [0.15, 0.2) is 59.8 Å². The molecule has 4 rings (SSSR count). The first-order valence-electron chi connectivity index (χ1n) is 9.84. The van der Waals surface area contributed by atoms with Gasteiger partial charge in [-0.2, -0.15) is 4.31 Å². The number of esters is 1. The number of hydrogen-bond donors (Lipinski definition) is 0. The van der Waals surface area contributed by atoms with Gasteiger partial charge in [-0.25, -0.2) is 13.4 Å². The summed E-state index contributed by atoms with van der Waals surface area (Å²) >= 11 is 5.97. The molecule has 0 amide bonds. The number of methoxy groups -OCH3 is 2. The average molecular weight is 476 g/mol. The minimum absolute atomic E-state index is 0.00292. The largest absolute Gasteiger partial charge is 0.497 e. The number of carbonyl (C=O) groups excluding carboxylic acids is 1. The SMILES string of the molecule is COC(=O)[C@@H]1Cc2ncn(Cc3ccc(Cl)cc3)c2CN1S(=O)(=O)c1ccc(OC)cc1. The number of benzene rings is 2. The Labute approximate surface area is 191 Å². The van der Waals surface area contributed by atoms with Gasteiger partial charge in [0.2, 0.25) is 10.0 Å². The monoisotopic (exact) mass is 475 g/mol. The molecule has 0 unspecified atom stereocenters. The molecule has 0 fully saturated rings. The number of hydrogen-bond acceptors (Lipinski definition) is 6. The van der Waals surface area contributed by atoms with Crippen LogP contribution in [-0.4, -0.2) is 48.5 Å². The zero-order chi connectivity index (χ0) is 22.9. The Morgan fingerprint density at radius 1 is 1.12 bits per heavy atom. The van der Waals surface area contributed by atoms with Crippen molar-refractivity contribution in [1.29, 1.82) is 0 Å². The highest BCUT2D eigenvalue weighted by molar-refractivity contribution is 7.89. The maximum Gasteiger partial charge on any atom is 0.324 e. The quantitative estimate of drug-likeness (QED) is 0.509. The molecule has 32 heavy (non-hydrogen) atoms. The summed E-state index contributed by atoms with van der Waals surface area (Å²) in [5.74, 6) is -0.0876. The van der Waals surface area contributed by atoms with Gasteiger partial charge in [-0.3, -0.25) is 4.79 Å². The minimum Gasteiger partial charge on any atom is -0.497 e. The fourth-order valence-electron chi connectivity index (χ4n) is 3.74. The molecule has 0 saturated carbocycles. The number of aromatic nitrogens is 2. The van der Waals surface area contributed by atoms with Crippen LogP contribution in [0.3, 0.4) is 0 Å². The molecule has 0 saturated heterocycles. The smallest absolute Gasteiger partial charge is 0.324 e. The normalized spacial score (nSPS) is 16.4. The molecule has 0 N–H and O–H groups in total. The van der Waals surface area contributed by atoms with Crippen LogP contribution in [0.4, 0.5) is 0 Å². The second-order valence-electron chi connectivity index (χ2n) is 7.36. The lowest BCUT2D eigenvalue weighted by Crippen LogP contribution is -2.49. The van der Waals surface area contributed by atoms with Gasteiger partial charge in [0.05, 0.1) is 43.4 Å². The summed E-state index contributed by atoms with van der Waals surface area (Å²) in [6.07, 6.45) is 1.79. The summed E-state index contributed by atoms with van der Waals surface area (Å²) in [4.78, 5) is 17.0. The molecule has 2 heterocycles. The highest BCUT2D eigenvalue weighted by Crippen LogP contribution is 2.30. The number of sulfonamides is 1. The predicted octanol–water partition coefficient (Wildman–Crippen LogP) is 2.88. The molecule has 0 bridgehead atoms. The van der Waals surface area contributed by atoms with E-state index in [4.69, 9.17) is 21.1 Å². The highest BCUT2D eigenvalue weighted by Gasteiger charge is 2.42. The van der Waals surface area contributed by atoms with Crippen molar-refractivity contribution in [3.8, 4) is 5.75 Å².